The van der Waals surface area contributed by atoms with Crippen LogP contribution in [0.3, 0.4) is 0 Å². The highest BCUT2D eigenvalue weighted by atomic mass is 16.5. The number of hydrogen-bond acceptors (Lipinski definition) is 3. The summed E-state index contributed by atoms with van der Waals surface area (Å²) in [4.78, 5) is 20.7. The molecule has 0 bridgehead atoms. The molecule has 0 saturated carbocycles. The van der Waals surface area contributed by atoms with E-state index in [9.17, 15) is 9.59 Å². The summed E-state index contributed by atoms with van der Waals surface area (Å²) in [7, 11) is 0. The summed E-state index contributed by atoms with van der Waals surface area (Å²) >= 11 is 0. The fourth-order valence-electron chi connectivity index (χ4n) is 3.30. The van der Waals surface area contributed by atoms with Gasteiger partial charge in [-0.3, -0.25) is 9.59 Å². The third kappa shape index (κ3) is 22.4. The van der Waals surface area contributed by atoms with E-state index in [2.05, 4.69) is 6.92 Å². The summed E-state index contributed by atoms with van der Waals surface area (Å²) in [6, 6.07) is 8.98. The molecule has 1 N–H and O–H groups in total. The van der Waals surface area contributed by atoms with E-state index in [4.69, 9.17) is 9.84 Å². The topological polar surface area (TPSA) is 63.6 Å². The van der Waals surface area contributed by atoms with Gasteiger partial charge in [-0.25, -0.2) is 0 Å². The Hall–Kier alpha value is -1.84. The third-order valence-electron chi connectivity index (χ3n) is 5.00. The van der Waals surface area contributed by atoms with E-state index in [0.29, 0.717) is 12.2 Å². The van der Waals surface area contributed by atoms with Crippen LogP contribution in [0.5, 0.6) is 5.75 Å². The normalized spacial score (nSPS) is 10.2. The lowest BCUT2D eigenvalue weighted by atomic mass is 10.0. The van der Waals surface area contributed by atoms with Crippen molar-refractivity contribution >= 4 is 11.9 Å². The second-order valence-corrected chi connectivity index (χ2v) is 8.00. The number of aliphatic carboxylic acids is 1. The number of benzene rings is 1. The molecular formula is C26H44O4. The summed E-state index contributed by atoms with van der Waals surface area (Å²) in [5, 5.41) is 8.52. The van der Waals surface area contributed by atoms with Crippen molar-refractivity contribution in [1.29, 1.82) is 0 Å². The minimum Gasteiger partial charge on any atom is -0.481 e. The van der Waals surface area contributed by atoms with Crippen LogP contribution < -0.4 is 4.74 Å². The molecule has 0 saturated heterocycles. The van der Waals surface area contributed by atoms with Gasteiger partial charge in [0.05, 0.1) is 0 Å². The van der Waals surface area contributed by atoms with E-state index < -0.39 is 5.97 Å². The van der Waals surface area contributed by atoms with Gasteiger partial charge in [-0.1, -0.05) is 115 Å². The third-order valence-corrected chi connectivity index (χ3v) is 5.00. The molecule has 4 heteroatoms. The van der Waals surface area contributed by atoms with Crippen LogP contribution in [-0.4, -0.2) is 17.0 Å². The molecule has 0 unspecified atom stereocenters. The molecule has 1 aromatic carbocycles. The lowest BCUT2D eigenvalue weighted by molar-refractivity contribution is -0.137. The molecule has 0 aromatic heterocycles. The number of carbonyl (C=O) groups is 2. The molecule has 0 fully saturated rings. The fraction of sp³-hybridized carbons (Fsp3) is 0.692. The maximum Gasteiger partial charge on any atom is 0.308 e. The zero-order valence-electron chi connectivity index (χ0n) is 19.4. The van der Waals surface area contributed by atoms with Crippen molar-refractivity contribution in [2.45, 2.75) is 117 Å². The first-order valence-corrected chi connectivity index (χ1v) is 12.0. The van der Waals surface area contributed by atoms with Crippen LogP contribution in [0.1, 0.15) is 117 Å². The Balaban J connectivity index is 0.000000696. The van der Waals surface area contributed by atoms with Crippen molar-refractivity contribution < 1.29 is 19.4 Å². The van der Waals surface area contributed by atoms with Gasteiger partial charge in [-0.15, -0.1) is 0 Å². The molecule has 0 aliphatic heterocycles. The van der Waals surface area contributed by atoms with Gasteiger partial charge in [-0.2, -0.15) is 0 Å². The van der Waals surface area contributed by atoms with Crippen LogP contribution in [0, 0.1) is 0 Å². The smallest absolute Gasteiger partial charge is 0.308 e. The van der Waals surface area contributed by atoms with E-state index in [0.717, 1.165) is 12.8 Å². The molecule has 1 rings (SSSR count). The average molecular weight is 421 g/mol. The standard InChI is InChI=1S/C18H36O2.C8H8O2/c1-2-3-4-5-6-7-8-9-10-11-12-13-14-15-16-17-18(19)20;1-7(9)10-8-5-3-2-4-6-8/h2-17H2,1H3,(H,19,20);2-6H,1H3. The van der Waals surface area contributed by atoms with E-state index >= 15 is 0 Å². The number of rotatable bonds is 17. The Bertz CT molecular complexity index is 513. The molecule has 0 amide bonds. The zero-order valence-corrected chi connectivity index (χ0v) is 19.4. The van der Waals surface area contributed by atoms with Crippen LogP contribution in [0.4, 0.5) is 0 Å². The SMILES string of the molecule is CC(=O)Oc1ccccc1.CCCCCCCCCCCCCCCCCC(=O)O. The summed E-state index contributed by atoms with van der Waals surface area (Å²) < 4.78 is 4.78. The number of carbonyl (C=O) groups excluding carboxylic acids is 1. The number of hydrogen-bond donors (Lipinski definition) is 1. The minimum atomic E-state index is -0.653. The van der Waals surface area contributed by atoms with Gasteiger partial charge < -0.3 is 9.84 Å². The molecule has 4 nitrogen and oxygen atoms in total. The van der Waals surface area contributed by atoms with Crippen molar-refractivity contribution in [1.82, 2.24) is 0 Å². The first-order valence-electron chi connectivity index (χ1n) is 12.0. The molecule has 0 heterocycles. The number of para-hydroxylation sites is 1. The molecule has 0 radical (unpaired) electrons. The molecule has 0 spiro atoms. The quantitative estimate of drug-likeness (QED) is 0.158. The Morgan fingerprint density at radius 2 is 1.10 bits per heavy atom. The van der Waals surface area contributed by atoms with Gasteiger partial charge in [0.2, 0.25) is 0 Å². The highest BCUT2D eigenvalue weighted by molar-refractivity contribution is 5.69. The first kappa shape index (κ1) is 28.2. The predicted octanol–water partition coefficient (Wildman–Crippen LogP) is 7.94. The summed E-state index contributed by atoms with van der Waals surface area (Å²) in [6.45, 7) is 3.65. The number of carboxylic acids is 1. The number of esters is 1. The second kappa shape index (κ2) is 21.9. The molecule has 172 valence electrons. The van der Waals surface area contributed by atoms with Gasteiger partial charge in [0.15, 0.2) is 0 Å². The van der Waals surface area contributed by atoms with Gasteiger partial charge in [0, 0.05) is 13.3 Å². The minimum absolute atomic E-state index is 0.286. The van der Waals surface area contributed by atoms with Crippen LogP contribution in [-0.2, 0) is 9.59 Å². The fourth-order valence-corrected chi connectivity index (χ4v) is 3.30. The maximum absolute atomic E-state index is 10.4. The highest BCUT2D eigenvalue weighted by Crippen LogP contribution is 2.13. The van der Waals surface area contributed by atoms with Crippen molar-refractivity contribution in [3.63, 3.8) is 0 Å². The number of carboxylic acid groups (broad SMARTS) is 1. The number of ether oxygens (including phenoxy) is 1. The lowest BCUT2D eigenvalue weighted by Gasteiger charge is -2.03. The molecule has 0 aliphatic carbocycles. The summed E-state index contributed by atoms with van der Waals surface area (Å²) in [5.74, 6) is -0.346. The Morgan fingerprint density at radius 3 is 1.47 bits per heavy atom. The average Bonchev–Trinajstić information content (AvgIpc) is 2.71. The molecule has 30 heavy (non-hydrogen) atoms. The molecule has 0 aliphatic rings. The van der Waals surface area contributed by atoms with Crippen LogP contribution in [0.15, 0.2) is 30.3 Å². The Kier molecular flexibility index (Phi) is 20.5. The van der Waals surface area contributed by atoms with E-state index in [-0.39, 0.29) is 5.97 Å². The molecular weight excluding hydrogens is 376 g/mol. The van der Waals surface area contributed by atoms with Crippen LogP contribution in [0.2, 0.25) is 0 Å². The van der Waals surface area contributed by atoms with Crippen molar-refractivity contribution in [2.75, 3.05) is 0 Å². The Labute approximate surface area is 184 Å². The molecule has 1 aromatic rings. The zero-order chi connectivity index (χ0) is 22.3. The maximum atomic E-state index is 10.4. The van der Waals surface area contributed by atoms with Crippen molar-refractivity contribution in [3.05, 3.63) is 30.3 Å². The highest BCUT2D eigenvalue weighted by Gasteiger charge is 1.97. The Morgan fingerprint density at radius 1 is 0.700 bits per heavy atom. The first-order chi connectivity index (χ1) is 14.6. The van der Waals surface area contributed by atoms with E-state index in [1.165, 1.54) is 90.4 Å². The van der Waals surface area contributed by atoms with Crippen LogP contribution in [0.25, 0.3) is 0 Å². The molecule has 0 atom stereocenters. The largest absolute Gasteiger partial charge is 0.481 e. The summed E-state index contributed by atoms with van der Waals surface area (Å²) in [5.41, 5.74) is 0. The number of unbranched alkanes of at least 4 members (excludes halogenated alkanes) is 14. The van der Waals surface area contributed by atoms with E-state index in [1.807, 2.05) is 18.2 Å². The van der Waals surface area contributed by atoms with Gasteiger partial charge in [0.1, 0.15) is 5.75 Å². The lowest BCUT2D eigenvalue weighted by Crippen LogP contribution is -2.00. The second-order valence-electron chi connectivity index (χ2n) is 8.00. The van der Waals surface area contributed by atoms with E-state index in [1.54, 1.807) is 12.1 Å². The van der Waals surface area contributed by atoms with Gasteiger partial charge in [0.25, 0.3) is 0 Å². The van der Waals surface area contributed by atoms with Gasteiger partial charge >= 0.3 is 11.9 Å². The predicted molar refractivity (Wildman–Crippen MR) is 125 cm³/mol. The van der Waals surface area contributed by atoms with Crippen molar-refractivity contribution in [2.24, 2.45) is 0 Å². The monoisotopic (exact) mass is 420 g/mol. The van der Waals surface area contributed by atoms with Crippen LogP contribution >= 0.6 is 0 Å². The van der Waals surface area contributed by atoms with Crippen molar-refractivity contribution in [3.8, 4) is 5.75 Å². The van der Waals surface area contributed by atoms with Gasteiger partial charge in [-0.05, 0) is 18.6 Å². The summed E-state index contributed by atoms with van der Waals surface area (Å²) in [6.07, 6.45) is 20.2.